The summed E-state index contributed by atoms with van der Waals surface area (Å²) in [6.45, 7) is 0.468. The molecular formula is C13H13Cl2N3OS. The molecule has 0 saturated heterocycles. The summed E-state index contributed by atoms with van der Waals surface area (Å²) in [5.41, 5.74) is 7.16. The van der Waals surface area contributed by atoms with E-state index in [1.807, 2.05) is 6.07 Å². The zero-order valence-corrected chi connectivity index (χ0v) is 13.1. The Kier molecular flexibility index (Phi) is 4.86. The Hall–Kier alpha value is -1.30. The molecule has 0 aliphatic heterocycles. The van der Waals surface area contributed by atoms with Crippen molar-refractivity contribution >= 4 is 45.6 Å². The summed E-state index contributed by atoms with van der Waals surface area (Å²) in [6, 6.07) is 5.33. The van der Waals surface area contributed by atoms with E-state index in [1.54, 1.807) is 29.5 Å². The molecule has 20 heavy (non-hydrogen) atoms. The zero-order chi connectivity index (χ0) is 14.7. The maximum atomic E-state index is 12.1. The standard InChI is InChI=1S/C13H13Cl2N3OS/c1-18(6-8-2-3-10(14)11(15)4-8)12(19)5-9-7-20-13(16)17-9/h2-4,7H,5-6H2,1H3,(H2,16,17). The number of hydrogen-bond donors (Lipinski definition) is 1. The third kappa shape index (κ3) is 3.85. The lowest BCUT2D eigenvalue weighted by molar-refractivity contribution is -0.129. The quantitative estimate of drug-likeness (QED) is 0.936. The van der Waals surface area contributed by atoms with Gasteiger partial charge in [0.1, 0.15) is 0 Å². The monoisotopic (exact) mass is 329 g/mol. The molecule has 7 heteroatoms. The molecule has 0 spiro atoms. The number of hydrogen-bond acceptors (Lipinski definition) is 4. The SMILES string of the molecule is CN(Cc1ccc(Cl)c(Cl)c1)C(=O)Cc1csc(N)n1. The summed E-state index contributed by atoms with van der Waals surface area (Å²) >= 11 is 13.1. The van der Waals surface area contributed by atoms with Crippen LogP contribution in [0.2, 0.25) is 10.0 Å². The van der Waals surface area contributed by atoms with E-state index in [4.69, 9.17) is 28.9 Å². The molecule has 1 heterocycles. The molecule has 0 aliphatic carbocycles. The third-order valence-corrected chi connectivity index (χ3v) is 4.19. The van der Waals surface area contributed by atoms with Crippen molar-refractivity contribution in [1.29, 1.82) is 0 Å². The molecule has 1 aromatic carbocycles. The molecule has 0 bridgehead atoms. The highest BCUT2D eigenvalue weighted by Crippen LogP contribution is 2.23. The number of carbonyl (C=O) groups excluding carboxylic acids is 1. The van der Waals surface area contributed by atoms with Crippen molar-refractivity contribution in [3.63, 3.8) is 0 Å². The van der Waals surface area contributed by atoms with E-state index in [9.17, 15) is 4.79 Å². The van der Waals surface area contributed by atoms with E-state index in [0.717, 1.165) is 5.56 Å². The highest BCUT2D eigenvalue weighted by atomic mass is 35.5. The number of halogens is 2. The van der Waals surface area contributed by atoms with Crippen LogP contribution in [0, 0.1) is 0 Å². The van der Waals surface area contributed by atoms with Crippen LogP contribution in [-0.4, -0.2) is 22.8 Å². The molecule has 4 nitrogen and oxygen atoms in total. The van der Waals surface area contributed by atoms with Crippen LogP contribution in [0.4, 0.5) is 5.13 Å². The first-order chi connectivity index (χ1) is 9.45. The minimum Gasteiger partial charge on any atom is -0.375 e. The van der Waals surface area contributed by atoms with Crippen molar-refractivity contribution in [3.8, 4) is 0 Å². The van der Waals surface area contributed by atoms with Crippen LogP contribution >= 0.6 is 34.5 Å². The molecule has 0 fully saturated rings. The van der Waals surface area contributed by atoms with Gasteiger partial charge in [0.05, 0.1) is 22.2 Å². The van der Waals surface area contributed by atoms with Gasteiger partial charge in [0.25, 0.3) is 0 Å². The fourth-order valence-corrected chi connectivity index (χ4v) is 2.58. The van der Waals surface area contributed by atoms with E-state index < -0.39 is 0 Å². The summed E-state index contributed by atoms with van der Waals surface area (Å²) in [7, 11) is 1.74. The molecule has 0 aliphatic rings. The Morgan fingerprint density at radius 3 is 2.75 bits per heavy atom. The molecule has 1 aromatic heterocycles. The Balaban J connectivity index is 1.98. The van der Waals surface area contributed by atoms with E-state index in [2.05, 4.69) is 4.98 Å². The molecule has 1 amide bonds. The second kappa shape index (κ2) is 6.43. The van der Waals surface area contributed by atoms with Gasteiger partial charge >= 0.3 is 0 Å². The van der Waals surface area contributed by atoms with Crippen molar-refractivity contribution in [1.82, 2.24) is 9.88 Å². The lowest BCUT2D eigenvalue weighted by Crippen LogP contribution is -2.27. The molecule has 2 N–H and O–H groups in total. The zero-order valence-electron chi connectivity index (χ0n) is 10.8. The fourth-order valence-electron chi connectivity index (χ4n) is 1.69. The highest BCUT2D eigenvalue weighted by Gasteiger charge is 2.12. The first kappa shape index (κ1) is 15.1. The Morgan fingerprint density at radius 1 is 1.40 bits per heavy atom. The number of anilines is 1. The van der Waals surface area contributed by atoms with Gasteiger partial charge in [-0.15, -0.1) is 11.3 Å². The third-order valence-electron chi connectivity index (χ3n) is 2.73. The molecule has 106 valence electrons. The molecule has 2 aromatic rings. The molecule has 0 saturated carbocycles. The van der Waals surface area contributed by atoms with Crippen molar-refractivity contribution < 1.29 is 4.79 Å². The molecule has 0 unspecified atom stereocenters. The summed E-state index contributed by atoms with van der Waals surface area (Å²) in [6.07, 6.45) is 0.242. The van der Waals surface area contributed by atoms with E-state index >= 15 is 0 Å². The number of carbonyl (C=O) groups is 1. The second-order valence-corrected chi connectivity index (χ2v) is 6.06. The smallest absolute Gasteiger partial charge is 0.228 e. The number of likely N-dealkylation sites (N-methyl/N-ethyl adjacent to an activating group) is 1. The van der Waals surface area contributed by atoms with Crippen molar-refractivity contribution in [2.45, 2.75) is 13.0 Å². The van der Waals surface area contributed by atoms with Crippen LogP contribution in [0.1, 0.15) is 11.3 Å². The Labute approximate surface area is 131 Å². The number of thiazole rings is 1. The van der Waals surface area contributed by atoms with Crippen LogP contribution in [-0.2, 0) is 17.8 Å². The van der Waals surface area contributed by atoms with Gasteiger partial charge in [0, 0.05) is 19.0 Å². The molecule has 2 rings (SSSR count). The minimum atomic E-state index is -0.0265. The van der Waals surface area contributed by atoms with Gasteiger partial charge in [-0.25, -0.2) is 4.98 Å². The molecule has 0 atom stereocenters. The Morgan fingerprint density at radius 2 is 2.15 bits per heavy atom. The van der Waals surface area contributed by atoms with Gasteiger partial charge < -0.3 is 10.6 Å². The second-order valence-electron chi connectivity index (χ2n) is 4.35. The largest absolute Gasteiger partial charge is 0.375 e. The van der Waals surface area contributed by atoms with Gasteiger partial charge in [-0.05, 0) is 17.7 Å². The maximum absolute atomic E-state index is 12.1. The van der Waals surface area contributed by atoms with Crippen LogP contribution in [0.25, 0.3) is 0 Å². The lowest BCUT2D eigenvalue weighted by atomic mass is 10.2. The number of nitrogens with two attached hydrogens (primary N) is 1. The highest BCUT2D eigenvalue weighted by molar-refractivity contribution is 7.13. The summed E-state index contributed by atoms with van der Waals surface area (Å²) < 4.78 is 0. The molecule has 0 radical (unpaired) electrons. The van der Waals surface area contributed by atoms with Crippen molar-refractivity contribution in [3.05, 3.63) is 44.9 Å². The topological polar surface area (TPSA) is 59.2 Å². The fraction of sp³-hybridized carbons (Fsp3) is 0.231. The number of benzene rings is 1. The lowest BCUT2D eigenvalue weighted by Gasteiger charge is -2.17. The van der Waals surface area contributed by atoms with Crippen LogP contribution in [0.15, 0.2) is 23.6 Å². The van der Waals surface area contributed by atoms with Gasteiger partial charge in [-0.3, -0.25) is 4.79 Å². The summed E-state index contributed by atoms with van der Waals surface area (Å²) in [5, 5.41) is 3.25. The maximum Gasteiger partial charge on any atom is 0.228 e. The first-order valence-corrected chi connectivity index (χ1v) is 7.47. The van der Waals surface area contributed by atoms with Crippen molar-refractivity contribution in [2.24, 2.45) is 0 Å². The van der Waals surface area contributed by atoms with Crippen LogP contribution in [0.3, 0.4) is 0 Å². The predicted octanol–water partition coefficient (Wildman–Crippen LogP) is 3.23. The number of amides is 1. The van der Waals surface area contributed by atoms with Crippen molar-refractivity contribution in [2.75, 3.05) is 12.8 Å². The van der Waals surface area contributed by atoms with E-state index in [0.29, 0.717) is 27.4 Å². The molecular weight excluding hydrogens is 317 g/mol. The van der Waals surface area contributed by atoms with E-state index in [1.165, 1.54) is 11.3 Å². The van der Waals surface area contributed by atoms with Crippen LogP contribution < -0.4 is 5.73 Å². The van der Waals surface area contributed by atoms with Gasteiger partial charge in [0.2, 0.25) is 5.91 Å². The Bertz CT molecular complexity index is 630. The number of rotatable bonds is 4. The van der Waals surface area contributed by atoms with Gasteiger partial charge in [0.15, 0.2) is 5.13 Å². The first-order valence-electron chi connectivity index (χ1n) is 5.83. The predicted molar refractivity (Wildman–Crippen MR) is 83.2 cm³/mol. The minimum absolute atomic E-state index is 0.0265. The average molecular weight is 330 g/mol. The number of nitrogens with zero attached hydrogens (tertiary/aromatic N) is 2. The summed E-state index contributed by atoms with van der Waals surface area (Å²) in [5.74, 6) is -0.0265. The van der Waals surface area contributed by atoms with Crippen LogP contribution in [0.5, 0.6) is 0 Å². The van der Waals surface area contributed by atoms with Gasteiger partial charge in [-0.1, -0.05) is 29.3 Å². The van der Waals surface area contributed by atoms with Gasteiger partial charge in [-0.2, -0.15) is 0 Å². The summed E-state index contributed by atoms with van der Waals surface area (Å²) in [4.78, 5) is 17.8. The average Bonchev–Trinajstić information content (AvgIpc) is 2.79. The number of nitrogen functional groups attached to an aromatic ring is 1. The van der Waals surface area contributed by atoms with E-state index in [-0.39, 0.29) is 12.3 Å². The normalized spacial score (nSPS) is 10.6. The number of aromatic nitrogens is 1.